The molecule has 3 rings (SSSR count). The van der Waals surface area contributed by atoms with Gasteiger partial charge in [0.05, 0.1) is 0 Å². The smallest absolute Gasteiger partial charge is 0.265 e. The van der Waals surface area contributed by atoms with Gasteiger partial charge in [-0.25, -0.2) is 0 Å². The van der Waals surface area contributed by atoms with Crippen LogP contribution in [0.2, 0.25) is 5.02 Å². The number of hydrogen-bond acceptors (Lipinski definition) is 3. The number of carbonyl (C=O) groups excluding carboxylic acids is 2. The second kappa shape index (κ2) is 8.29. The van der Waals surface area contributed by atoms with Crippen molar-refractivity contribution in [1.82, 2.24) is 14.8 Å². The van der Waals surface area contributed by atoms with Gasteiger partial charge in [-0.3, -0.25) is 19.8 Å². The molecule has 0 saturated carbocycles. The van der Waals surface area contributed by atoms with E-state index in [0.717, 1.165) is 35.5 Å². The van der Waals surface area contributed by atoms with Gasteiger partial charge in [-0.1, -0.05) is 24.9 Å². The van der Waals surface area contributed by atoms with Gasteiger partial charge in [-0.15, -0.1) is 0 Å². The fourth-order valence-corrected chi connectivity index (χ4v) is 3.68. The summed E-state index contributed by atoms with van der Waals surface area (Å²) in [5.74, 6) is -0.808. The first kappa shape index (κ1) is 20.3. The molecule has 0 atom stereocenters. The van der Waals surface area contributed by atoms with E-state index in [1.807, 2.05) is 51.1 Å². The number of benzene rings is 1. The molecule has 0 bridgehead atoms. The number of amides is 2. The quantitative estimate of drug-likeness (QED) is 0.453. The number of unbranched alkanes of at least 4 members (excludes halogenated alkanes) is 1. The standard InChI is InChI=1S/C21H22ClN3O2S/c1-4-5-10-24-20(27)18(19(26)23-21(24)28)12-15-11-13(2)25(14(15)3)17-8-6-16(22)7-9-17/h6-9,11-12H,4-5,10H2,1-3H3,(H,23,26,28). The second-order valence-electron chi connectivity index (χ2n) is 6.77. The summed E-state index contributed by atoms with van der Waals surface area (Å²) in [6.07, 6.45) is 3.40. The first-order chi connectivity index (χ1) is 13.3. The van der Waals surface area contributed by atoms with E-state index < -0.39 is 5.91 Å². The number of rotatable bonds is 5. The van der Waals surface area contributed by atoms with Crippen LogP contribution in [0.4, 0.5) is 0 Å². The molecule has 1 saturated heterocycles. The molecule has 0 radical (unpaired) electrons. The summed E-state index contributed by atoms with van der Waals surface area (Å²) < 4.78 is 2.06. The number of aryl methyl sites for hydroxylation is 1. The lowest BCUT2D eigenvalue weighted by molar-refractivity contribution is -0.128. The second-order valence-corrected chi connectivity index (χ2v) is 7.59. The molecule has 2 aromatic rings. The predicted octanol–water partition coefficient (Wildman–Crippen LogP) is 4.17. The van der Waals surface area contributed by atoms with Crippen molar-refractivity contribution in [1.29, 1.82) is 0 Å². The molecular formula is C21H22ClN3O2S. The van der Waals surface area contributed by atoms with E-state index in [-0.39, 0.29) is 16.6 Å². The molecule has 2 heterocycles. The first-order valence-corrected chi connectivity index (χ1v) is 9.96. The number of thiocarbonyl (C=S) groups is 1. The van der Waals surface area contributed by atoms with Crippen LogP contribution in [0.1, 0.15) is 36.7 Å². The van der Waals surface area contributed by atoms with Crippen LogP contribution in [0.15, 0.2) is 35.9 Å². The molecular weight excluding hydrogens is 394 g/mol. The third-order valence-corrected chi connectivity index (χ3v) is 5.35. The van der Waals surface area contributed by atoms with Gasteiger partial charge in [0.2, 0.25) is 0 Å². The number of aromatic nitrogens is 1. The lowest BCUT2D eigenvalue weighted by atomic mass is 10.1. The highest BCUT2D eigenvalue weighted by molar-refractivity contribution is 7.80. The summed E-state index contributed by atoms with van der Waals surface area (Å²) in [6, 6.07) is 9.49. The highest BCUT2D eigenvalue weighted by Crippen LogP contribution is 2.25. The summed E-state index contributed by atoms with van der Waals surface area (Å²) in [7, 11) is 0. The maximum Gasteiger partial charge on any atom is 0.265 e. The molecule has 1 aromatic carbocycles. The maximum atomic E-state index is 12.9. The summed E-state index contributed by atoms with van der Waals surface area (Å²) in [5, 5.41) is 3.47. The number of nitrogens with one attached hydrogen (secondary N) is 1. The average molecular weight is 416 g/mol. The Bertz CT molecular complexity index is 976. The van der Waals surface area contributed by atoms with Crippen molar-refractivity contribution in [3.05, 3.63) is 57.9 Å². The van der Waals surface area contributed by atoms with Crippen molar-refractivity contribution >= 4 is 46.8 Å². The molecule has 0 unspecified atom stereocenters. The van der Waals surface area contributed by atoms with Crippen LogP contribution in [0.25, 0.3) is 11.8 Å². The fraction of sp³-hybridized carbons (Fsp3) is 0.286. The van der Waals surface area contributed by atoms with E-state index in [1.54, 1.807) is 6.08 Å². The minimum Gasteiger partial charge on any atom is -0.318 e. The molecule has 1 aromatic heterocycles. The number of nitrogens with zero attached hydrogens (tertiary/aromatic N) is 2. The normalized spacial score (nSPS) is 16.1. The van der Waals surface area contributed by atoms with Crippen LogP contribution in [0.3, 0.4) is 0 Å². The minimum atomic E-state index is -0.459. The maximum absolute atomic E-state index is 12.9. The Morgan fingerprint density at radius 3 is 2.50 bits per heavy atom. The highest BCUT2D eigenvalue weighted by Gasteiger charge is 2.33. The average Bonchev–Trinajstić information content (AvgIpc) is 2.93. The van der Waals surface area contributed by atoms with E-state index in [1.165, 1.54) is 4.90 Å². The van der Waals surface area contributed by atoms with Crippen molar-refractivity contribution in [2.24, 2.45) is 0 Å². The van der Waals surface area contributed by atoms with Gasteiger partial charge < -0.3 is 4.57 Å². The van der Waals surface area contributed by atoms with Gasteiger partial charge in [-0.2, -0.15) is 0 Å². The Morgan fingerprint density at radius 1 is 1.18 bits per heavy atom. The highest BCUT2D eigenvalue weighted by atomic mass is 35.5. The van der Waals surface area contributed by atoms with Crippen molar-refractivity contribution < 1.29 is 9.59 Å². The predicted molar refractivity (Wildman–Crippen MR) is 116 cm³/mol. The van der Waals surface area contributed by atoms with Crippen molar-refractivity contribution in [3.63, 3.8) is 0 Å². The third kappa shape index (κ3) is 3.88. The summed E-state index contributed by atoms with van der Waals surface area (Å²) in [4.78, 5) is 26.7. The van der Waals surface area contributed by atoms with Gasteiger partial charge in [0.25, 0.3) is 11.8 Å². The molecule has 0 aliphatic carbocycles. The number of halogens is 1. The zero-order chi connectivity index (χ0) is 20.4. The molecule has 7 heteroatoms. The third-order valence-electron chi connectivity index (χ3n) is 4.78. The van der Waals surface area contributed by atoms with E-state index in [2.05, 4.69) is 9.88 Å². The molecule has 1 fully saturated rings. The van der Waals surface area contributed by atoms with E-state index in [9.17, 15) is 9.59 Å². The molecule has 1 aliphatic heterocycles. The fourth-order valence-electron chi connectivity index (χ4n) is 3.29. The van der Waals surface area contributed by atoms with Crippen LogP contribution < -0.4 is 5.32 Å². The van der Waals surface area contributed by atoms with Crippen LogP contribution in [-0.4, -0.2) is 32.9 Å². The molecule has 2 amide bonds. The Morgan fingerprint density at radius 2 is 1.86 bits per heavy atom. The van der Waals surface area contributed by atoms with Gasteiger partial charge in [-0.05, 0) is 74.5 Å². The molecule has 1 N–H and O–H groups in total. The largest absolute Gasteiger partial charge is 0.318 e. The lowest BCUT2D eigenvalue weighted by Crippen LogP contribution is -2.54. The lowest BCUT2D eigenvalue weighted by Gasteiger charge is -2.28. The summed E-state index contributed by atoms with van der Waals surface area (Å²) in [6.45, 7) is 6.47. The Hall–Kier alpha value is -2.44. The SMILES string of the molecule is CCCCN1C(=O)C(=Cc2cc(C)n(-c3ccc(Cl)cc3)c2C)C(=O)NC1=S. The molecule has 146 valence electrons. The molecule has 5 nitrogen and oxygen atoms in total. The summed E-state index contributed by atoms with van der Waals surface area (Å²) >= 11 is 11.2. The minimum absolute atomic E-state index is 0.0982. The van der Waals surface area contributed by atoms with E-state index in [0.29, 0.717) is 11.6 Å². The Labute approximate surface area is 175 Å². The number of carbonyl (C=O) groups is 2. The van der Waals surface area contributed by atoms with Gasteiger partial charge in [0.1, 0.15) is 5.57 Å². The first-order valence-electron chi connectivity index (χ1n) is 9.17. The van der Waals surface area contributed by atoms with Gasteiger partial charge in [0, 0.05) is 28.6 Å². The van der Waals surface area contributed by atoms with Crippen molar-refractivity contribution in [3.8, 4) is 5.69 Å². The zero-order valence-electron chi connectivity index (χ0n) is 16.1. The number of hydrogen-bond donors (Lipinski definition) is 1. The van der Waals surface area contributed by atoms with Crippen LogP contribution in [-0.2, 0) is 9.59 Å². The monoisotopic (exact) mass is 415 g/mol. The van der Waals surface area contributed by atoms with Gasteiger partial charge >= 0.3 is 0 Å². The van der Waals surface area contributed by atoms with Crippen molar-refractivity contribution in [2.75, 3.05) is 6.54 Å². The molecule has 0 spiro atoms. The van der Waals surface area contributed by atoms with Crippen LogP contribution in [0, 0.1) is 13.8 Å². The summed E-state index contributed by atoms with van der Waals surface area (Å²) in [5.41, 5.74) is 3.80. The van der Waals surface area contributed by atoms with Crippen molar-refractivity contribution in [2.45, 2.75) is 33.6 Å². The van der Waals surface area contributed by atoms with Crippen LogP contribution in [0.5, 0.6) is 0 Å². The molecule has 28 heavy (non-hydrogen) atoms. The molecule has 1 aliphatic rings. The Kier molecular flexibility index (Phi) is 6.01. The van der Waals surface area contributed by atoms with Gasteiger partial charge in [0.15, 0.2) is 5.11 Å². The topological polar surface area (TPSA) is 54.3 Å². The van der Waals surface area contributed by atoms with Crippen LogP contribution >= 0.6 is 23.8 Å². The zero-order valence-corrected chi connectivity index (χ0v) is 17.7. The van der Waals surface area contributed by atoms with E-state index in [4.69, 9.17) is 23.8 Å². The Balaban J connectivity index is 1.99. The van der Waals surface area contributed by atoms with E-state index >= 15 is 0 Å².